The number of methoxy groups -OCH3 is 1. The van der Waals surface area contributed by atoms with Gasteiger partial charge < -0.3 is 15.0 Å². The normalized spacial score (nSPS) is 12.0. The van der Waals surface area contributed by atoms with Gasteiger partial charge in [0.2, 0.25) is 21.8 Å². The summed E-state index contributed by atoms with van der Waals surface area (Å²) in [5, 5.41) is 3.28. The lowest BCUT2D eigenvalue weighted by Crippen LogP contribution is -2.51. The second-order valence-electron chi connectivity index (χ2n) is 7.59. The van der Waals surface area contributed by atoms with Gasteiger partial charge in [-0.1, -0.05) is 36.7 Å². The van der Waals surface area contributed by atoms with Gasteiger partial charge in [0.25, 0.3) is 0 Å². The van der Waals surface area contributed by atoms with Gasteiger partial charge in [-0.25, -0.2) is 8.42 Å². The Morgan fingerprint density at radius 2 is 1.85 bits per heavy atom. The van der Waals surface area contributed by atoms with Crippen molar-refractivity contribution in [3.8, 4) is 5.75 Å². The zero-order chi connectivity index (χ0) is 24.6. The van der Waals surface area contributed by atoms with Gasteiger partial charge in [0.15, 0.2) is 0 Å². The van der Waals surface area contributed by atoms with E-state index in [0.29, 0.717) is 17.3 Å². The third-order valence-corrected chi connectivity index (χ3v) is 6.35. The van der Waals surface area contributed by atoms with Gasteiger partial charge in [-0.15, -0.1) is 0 Å². The molecule has 0 radical (unpaired) electrons. The third kappa shape index (κ3) is 7.64. The SMILES string of the molecule is CCCNC(=O)[C@H](C)N(Cc1cccc(Cl)c1)C(=O)CN(c1cccc(OC)c1)S(C)(=O)=O. The van der Waals surface area contributed by atoms with Gasteiger partial charge in [-0.05, 0) is 43.2 Å². The molecule has 0 heterocycles. The Morgan fingerprint density at radius 1 is 1.15 bits per heavy atom. The zero-order valence-corrected chi connectivity index (χ0v) is 20.8. The van der Waals surface area contributed by atoms with Gasteiger partial charge >= 0.3 is 0 Å². The Labute approximate surface area is 200 Å². The van der Waals surface area contributed by atoms with Gasteiger partial charge in [0.1, 0.15) is 18.3 Å². The molecule has 1 N–H and O–H groups in total. The van der Waals surface area contributed by atoms with Crippen molar-refractivity contribution in [1.82, 2.24) is 10.2 Å². The number of rotatable bonds is 11. The highest BCUT2D eigenvalue weighted by molar-refractivity contribution is 7.92. The number of carbonyl (C=O) groups excluding carboxylic acids is 2. The quantitative estimate of drug-likeness (QED) is 0.517. The van der Waals surface area contributed by atoms with Crippen molar-refractivity contribution < 1.29 is 22.7 Å². The molecule has 0 fully saturated rings. The molecule has 0 aromatic heterocycles. The topological polar surface area (TPSA) is 96.0 Å². The number of hydrogen-bond donors (Lipinski definition) is 1. The molecule has 0 aliphatic heterocycles. The van der Waals surface area contributed by atoms with E-state index < -0.39 is 28.5 Å². The molecule has 0 aliphatic carbocycles. The van der Waals surface area contributed by atoms with Gasteiger partial charge in [-0.3, -0.25) is 13.9 Å². The molecule has 0 bridgehead atoms. The number of carbonyl (C=O) groups is 2. The first-order valence-electron chi connectivity index (χ1n) is 10.5. The highest BCUT2D eigenvalue weighted by atomic mass is 35.5. The van der Waals surface area contributed by atoms with Crippen LogP contribution in [0, 0.1) is 0 Å². The number of benzene rings is 2. The monoisotopic (exact) mass is 495 g/mol. The third-order valence-electron chi connectivity index (χ3n) is 4.98. The molecular formula is C23H30ClN3O5S. The van der Waals surface area contributed by atoms with Gasteiger partial charge in [0, 0.05) is 24.2 Å². The smallest absolute Gasteiger partial charge is 0.244 e. The number of sulfonamides is 1. The van der Waals surface area contributed by atoms with Crippen molar-refractivity contribution in [2.24, 2.45) is 0 Å². The Kier molecular flexibility index (Phi) is 9.55. The second-order valence-corrected chi connectivity index (χ2v) is 9.93. The Balaban J connectivity index is 2.38. The Bertz CT molecular complexity index is 1080. The molecule has 0 aliphatic rings. The first kappa shape index (κ1) is 26.5. The average molecular weight is 496 g/mol. The summed E-state index contributed by atoms with van der Waals surface area (Å²) in [6, 6.07) is 12.6. The summed E-state index contributed by atoms with van der Waals surface area (Å²) < 4.78 is 31.3. The summed E-state index contributed by atoms with van der Waals surface area (Å²) in [4.78, 5) is 27.4. The van der Waals surface area contributed by atoms with Crippen LogP contribution in [0.15, 0.2) is 48.5 Å². The van der Waals surface area contributed by atoms with Crippen LogP contribution >= 0.6 is 11.6 Å². The number of nitrogens with one attached hydrogen (secondary N) is 1. The van der Waals surface area contributed by atoms with Crippen molar-refractivity contribution in [1.29, 1.82) is 0 Å². The predicted octanol–water partition coefficient (Wildman–Crippen LogP) is 3.06. The first-order valence-corrected chi connectivity index (χ1v) is 12.7. The molecule has 0 spiro atoms. The summed E-state index contributed by atoms with van der Waals surface area (Å²) in [5.41, 5.74) is 1.01. The van der Waals surface area contributed by atoms with E-state index in [9.17, 15) is 18.0 Å². The maximum absolute atomic E-state index is 13.4. The molecule has 0 saturated heterocycles. The van der Waals surface area contributed by atoms with Crippen LogP contribution in [-0.2, 0) is 26.2 Å². The van der Waals surface area contributed by atoms with Crippen LogP contribution in [0.25, 0.3) is 0 Å². The van der Waals surface area contributed by atoms with Gasteiger partial charge in [0.05, 0.1) is 19.1 Å². The maximum Gasteiger partial charge on any atom is 0.244 e. The Morgan fingerprint density at radius 3 is 2.45 bits per heavy atom. The first-order chi connectivity index (χ1) is 15.6. The molecule has 0 unspecified atom stereocenters. The molecule has 2 aromatic rings. The standard InChI is InChI=1S/C23H30ClN3O5S/c1-5-12-25-23(29)17(2)26(15-18-8-6-9-19(24)13-18)22(28)16-27(33(4,30)31)20-10-7-11-21(14-20)32-3/h6-11,13-14,17H,5,12,15-16H2,1-4H3,(H,25,29)/t17-/m0/s1. The molecule has 0 saturated carbocycles. The molecule has 2 amide bonds. The molecule has 2 aromatic carbocycles. The number of ether oxygens (including phenoxy) is 1. The lowest BCUT2D eigenvalue weighted by atomic mass is 10.1. The minimum absolute atomic E-state index is 0.0931. The highest BCUT2D eigenvalue weighted by Crippen LogP contribution is 2.24. The molecule has 10 heteroatoms. The van der Waals surface area contributed by atoms with Crippen molar-refractivity contribution in [2.45, 2.75) is 32.9 Å². The molecule has 1 atom stereocenters. The van der Waals surface area contributed by atoms with E-state index in [4.69, 9.17) is 16.3 Å². The van der Waals surface area contributed by atoms with E-state index in [0.717, 1.165) is 22.5 Å². The van der Waals surface area contributed by atoms with E-state index in [1.165, 1.54) is 18.1 Å². The molecule has 2 rings (SSSR count). The summed E-state index contributed by atoms with van der Waals surface area (Å²) in [7, 11) is -2.33. The number of anilines is 1. The van der Waals surface area contributed by atoms with Gasteiger partial charge in [-0.2, -0.15) is 0 Å². The fraction of sp³-hybridized carbons (Fsp3) is 0.391. The maximum atomic E-state index is 13.4. The molecule has 8 nitrogen and oxygen atoms in total. The lowest BCUT2D eigenvalue weighted by Gasteiger charge is -2.31. The van der Waals surface area contributed by atoms with Crippen LogP contribution in [0.5, 0.6) is 5.75 Å². The number of halogens is 1. The van der Waals surface area contributed by atoms with Crippen LogP contribution in [0.3, 0.4) is 0 Å². The van der Waals surface area contributed by atoms with Crippen molar-refractivity contribution in [3.63, 3.8) is 0 Å². The number of nitrogens with zero attached hydrogens (tertiary/aromatic N) is 2. The molecular weight excluding hydrogens is 466 g/mol. The van der Waals surface area contributed by atoms with Crippen LogP contribution < -0.4 is 14.4 Å². The minimum atomic E-state index is -3.80. The predicted molar refractivity (Wildman–Crippen MR) is 130 cm³/mol. The fourth-order valence-electron chi connectivity index (χ4n) is 3.19. The summed E-state index contributed by atoms with van der Waals surface area (Å²) >= 11 is 6.09. The van der Waals surface area contributed by atoms with E-state index >= 15 is 0 Å². The summed E-state index contributed by atoms with van der Waals surface area (Å²) in [6.45, 7) is 3.64. The summed E-state index contributed by atoms with van der Waals surface area (Å²) in [5.74, 6) is -0.390. The molecule has 180 valence electrons. The van der Waals surface area contributed by atoms with E-state index in [-0.39, 0.29) is 18.1 Å². The van der Waals surface area contributed by atoms with Crippen LogP contribution in [0.1, 0.15) is 25.8 Å². The van der Waals surface area contributed by atoms with E-state index in [1.807, 2.05) is 6.92 Å². The highest BCUT2D eigenvalue weighted by Gasteiger charge is 2.30. The Hall–Kier alpha value is -2.78. The van der Waals surface area contributed by atoms with Crippen molar-refractivity contribution in [3.05, 3.63) is 59.1 Å². The lowest BCUT2D eigenvalue weighted by molar-refractivity contribution is -0.139. The average Bonchev–Trinajstić information content (AvgIpc) is 2.78. The zero-order valence-electron chi connectivity index (χ0n) is 19.2. The minimum Gasteiger partial charge on any atom is -0.497 e. The molecule has 33 heavy (non-hydrogen) atoms. The van der Waals surface area contributed by atoms with Crippen molar-refractivity contribution in [2.75, 3.05) is 30.8 Å². The summed E-state index contributed by atoms with van der Waals surface area (Å²) in [6.07, 6.45) is 1.77. The second kappa shape index (κ2) is 11.9. The van der Waals surface area contributed by atoms with Crippen LogP contribution in [0.4, 0.5) is 5.69 Å². The number of hydrogen-bond acceptors (Lipinski definition) is 5. The van der Waals surface area contributed by atoms with E-state index in [2.05, 4.69) is 5.32 Å². The largest absolute Gasteiger partial charge is 0.497 e. The van der Waals surface area contributed by atoms with E-state index in [1.54, 1.807) is 49.4 Å². The van der Waals surface area contributed by atoms with Crippen LogP contribution in [-0.4, -0.2) is 57.6 Å². The fourth-order valence-corrected chi connectivity index (χ4v) is 4.24. The van der Waals surface area contributed by atoms with Crippen molar-refractivity contribution >= 4 is 39.1 Å². The van der Waals surface area contributed by atoms with Crippen LogP contribution in [0.2, 0.25) is 5.02 Å². The number of amides is 2.